The Morgan fingerprint density at radius 3 is 2.62 bits per heavy atom. The molecule has 0 aromatic carbocycles. The van der Waals surface area contributed by atoms with Crippen LogP contribution < -0.4 is 0 Å². The van der Waals surface area contributed by atoms with E-state index in [0.717, 1.165) is 6.42 Å². The van der Waals surface area contributed by atoms with Crippen LogP contribution >= 0.6 is 0 Å². The number of nitriles is 2. The Bertz CT molecular complexity index is 337. The number of esters is 1. The number of hydrogen-bond acceptors (Lipinski definition) is 4. The lowest BCUT2D eigenvalue weighted by molar-refractivity contribution is -0.145. The van der Waals surface area contributed by atoms with E-state index in [2.05, 4.69) is 12.1 Å². The first-order valence-electron chi connectivity index (χ1n) is 5.57. The van der Waals surface area contributed by atoms with E-state index in [-0.39, 0.29) is 24.2 Å². The molecule has 0 spiro atoms. The minimum atomic E-state index is -0.994. The van der Waals surface area contributed by atoms with E-state index >= 15 is 0 Å². The zero-order chi connectivity index (χ0) is 12.2. The van der Waals surface area contributed by atoms with Crippen LogP contribution in [0.1, 0.15) is 33.1 Å². The van der Waals surface area contributed by atoms with Crippen molar-refractivity contribution in [1.29, 1.82) is 10.5 Å². The van der Waals surface area contributed by atoms with Gasteiger partial charge in [0.15, 0.2) is 0 Å². The fraction of sp³-hybridized carbons (Fsp3) is 0.750. The maximum absolute atomic E-state index is 11.4. The summed E-state index contributed by atoms with van der Waals surface area (Å²) in [5.74, 6) is -0.276. The van der Waals surface area contributed by atoms with Crippen LogP contribution in [0.15, 0.2) is 0 Å². The quantitative estimate of drug-likeness (QED) is 0.682. The molecule has 2 atom stereocenters. The van der Waals surface area contributed by atoms with Gasteiger partial charge in [0.2, 0.25) is 0 Å². The van der Waals surface area contributed by atoms with E-state index in [1.807, 2.05) is 6.92 Å². The lowest BCUT2D eigenvalue weighted by atomic mass is 9.76. The molecule has 0 bridgehead atoms. The summed E-state index contributed by atoms with van der Waals surface area (Å²) in [5, 5.41) is 18.2. The van der Waals surface area contributed by atoms with Crippen molar-refractivity contribution in [2.45, 2.75) is 33.1 Å². The summed E-state index contributed by atoms with van der Waals surface area (Å²) in [6.45, 7) is 4.07. The summed E-state index contributed by atoms with van der Waals surface area (Å²) in [6.07, 6.45) is 1.56. The Balaban J connectivity index is 2.80. The smallest absolute Gasteiger partial charge is 0.306 e. The zero-order valence-corrected chi connectivity index (χ0v) is 9.69. The average molecular weight is 220 g/mol. The molecule has 0 aromatic rings. The normalized spacial score (nSPS) is 26.8. The molecule has 1 fully saturated rings. The van der Waals surface area contributed by atoms with E-state index in [1.54, 1.807) is 6.92 Å². The first-order valence-corrected chi connectivity index (χ1v) is 5.57. The van der Waals surface area contributed by atoms with Gasteiger partial charge in [0, 0.05) is 5.92 Å². The third-order valence-electron chi connectivity index (χ3n) is 3.40. The molecule has 0 aliphatic heterocycles. The van der Waals surface area contributed by atoms with Crippen molar-refractivity contribution in [3.8, 4) is 12.1 Å². The van der Waals surface area contributed by atoms with E-state index < -0.39 is 5.41 Å². The van der Waals surface area contributed by atoms with Gasteiger partial charge in [0.05, 0.1) is 25.2 Å². The van der Waals surface area contributed by atoms with Gasteiger partial charge < -0.3 is 4.74 Å². The molecule has 1 rings (SSSR count). The van der Waals surface area contributed by atoms with Crippen molar-refractivity contribution in [2.75, 3.05) is 6.61 Å². The molecular formula is C12H16N2O2. The molecule has 1 aliphatic carbocycles. The van der Waals surface area contributed by atoms with Gasteiger partial charge in [-0.1, -0.05) is 6.92 Å². The highest BCUT2D eigenvalue weighted by molar-refractivity contribution is 5.70. The summed E-state index contributed by atoms with van der Waals surface area (Å²) in [4.78, 5) is 11.4. The maximum Gasteiger partial charge on any atom is 0.306 e. The second-order valence-electron chi connectivity index (χ2n) is 4.33. The van der Waals surface area contributed by atoms with Gasteiger partial charge in [0.1, 0.15) is 5.41 Å². The summed E-state index contributed by atoms with van der Waals surface area (Å²) in [6, 6.07) is 4.17. The Labute approximate surface area is 95.8 Å². The SMILES string of the molecule is CCOC(=O)C[C@H]1[C@H](C)CCC1(C#N)C#N. The Morgan fingerprint density at radius 1 is 1.50 bits per heavy atom. The van der Waals surface area contributed by atoms with Crippen LogP contribution in [0.4, 0.5) is 0 Å². The topological polar surface area (TPSA) is 73.9 Å². The van der Waals surface area contributed by atoms with Gasteiger partial charge in [-0.25, -0.2) is 0 Å². The van der Waals surface area contributed by atoms with Crippen LogP contribution in [0.25, 0.3) is 0 Å². The monoisotopic (exact) mass is 220 g/mol. The predicted molar refractivity (Wildman–Crippen MR) is 56.8 cm³/mol. The Morgan fingerprint density at radius 2 is 2.12 bits per heavy atom. The van der Waals surface area contributed by atoms with Crippen molar-refractivity contribution in [2.24, 2.45) is 17.3 Å². The molecule has 0 radical (unpaired) electrons. The predicted octanol–water partition coefficient (Wildman–Crippen LogP) is 2.02. The molecule has 4 heteroatoms. The van der Waals surface area contributed by atoms with Crippen LogP contribution in [0.5, 0.6) is 0 Å². The van der Waals surface area contributed by atoms with Crippen molar-refractivity contribution < 1.29 is 9.53 Å². The third kappa shape index (κ3) is 2.17. The second kappa shape index (κ2) is 4.99. The lowest BCUT2D eigenvalue weighted by Crippen LogP contribution is -2.27. The Kier molecular flexibility index (Phi) is 3.90. The highest BCUT2D eigenvalue weighted by Crippen LogP contribution is 2.47. The molecule has 0 aromatic heterocycles. The van der Waals surface area contributed by atoms with E-state index in [9.17, 15) is 4.79 Å². The number of nitrogens with zero attached hydrogens (tertiary/aromatic N) is 2. The number of hydrogen-bond donors (Lipinski definition) is 0. The molecule has 4 nitrogen and oxygen atoms in total. The fourth-order valence-corrected chi connectivity index (χ4v) is 2.41. The minimum Gasteiger partial charge on any atom is -0.466 e. The average Bonchev–Trinajstić information content (AvgIpc) is 2.58. The fourth-order valence-electron chi connectivity index (χ4n) is 2.41. The molecule has 1 saturated carbocycles. The van der Waals surface area contributed by atoms with Gasteiger partial charge in [-0.3, -0.25) is 4.79 Å². The number of rotatable bonds is 3. The minimum absolute atomic E-state index is 0.177. The van der Waals surface area contributed by atoms with E-state index in [0.29, 0.717) is 13.0 Å². The van der Waals surface area contributed by atoms with Crippen molar-refractivity contribution in [3.05, 3.63) is 0 Å². The zero-order valence-electron chi connectivity index (χ0n) is 9.69. The van der Waals surface area contributed by atoms with Crippen molar-refractivity contribution >= 4 is 5.97 Å². The molecule has 0 heterocycles. The van der Waals surface area contributed by atoms with Crippen LogP contribution in [0, 0.1) is 39.9 Å². The van der Waals surface area contributed by atoms with Crippen LogP contribution in [-0.2, 0) is 9.53 Å². The molecule has 86 valence electrons. The lowest BCUT2D eigenvalue weighted by Gasteiger charge is -2.23. The molecule has 1 aliphatic rings. The van der Waals surface area contributed by atoms with Crippen molar-refractivity contribution in [1.82, 2.24) is 0 Å². The standard InChI is InChI=1S/C12H16N2O2/c1-3-16-11(15)6-10-9(2)4-5-12(10,7-13)8-14/h9-10H,3-6H2,1-2H3/t9-,10+/m1/s1. The maximum atomic E-state index is 11.4. The molecular weight excluding hydrogens is 204 g/mol. The number of carbonyl (C=O) groups is 1. The van der Waals surface area contributed by atoms with E-state index in [4.69, 9.17) is 15.3 Å². The molecule has 0 amide bonds. The molecule has 16 heavy (non-hydrogen) atoms. The largest absolute Gasteiger partial charge is 0.466 e. The molecule has 0 unspecified atom stereocenters. The highest BCUT2D eigenvalue weighted by atomic mass is 16.5. The summed E-state index contributed by atoms with van der Waals surface area (Å²) < 4.78 is 4.88. The van der Waals surface area contributed by atoms with Gasteiger partial charge in [0.25, 0.3) is 0 Å². The highest BCUT2D eigenvalue weighted by Gasteiger charge is 2.48. The summed E-state index contributed by atoms with van der Waals surface area (Å²) >= 11 is 0. The van der Waals surface area contributed by atoms with Gasteiger partial charge in [-0.15, -0.1) is 0 Å². The summed E-state index contributed by atoms with van der Waals surface area (Å²) in [7, 11) is 0. The number of carbonyl (C=O) groups excluding carboxylic acids is 1. The Hall–Kier alpha value is -1.55. The van der Waals surface area contributed by atoms with Gasteiger partial charge in [-0.05, 0) is 25.7 Å². The van der Waals surface area contributed by atoms with Crippen LogP contribution in [0.2, 0.25) is 0 Å². The van der Waals surface area contributed by atoms with Crippen LogP contribution in [-0.4, -0.2) is 12.6 Å². The summed E-state index contributed by atoms with van der Waals surface area (Å²) in [5.41, 5.74) is -0.994. The van der Waals surface area contributed by atoms with Gasteiger partial charge in [-0.2, -0.15) is 10.5 Å². The first kappa shape index (κ1) is 12.5. The van der Waals surface area contributed by atoms with Gasteiger partial charge >= 0.3 is 5.97 Å². The third-order valence-corrected chi connectivity index (χ3v) is 3.40. The van der Waals surface area contributed by atoms with Crippen molar-refractivity contribution in [3.63, 3.8) is 0 Å². The van der Waals surface area contributed by atoms with E-state index in [1.165, 1.54) is 0 Å². The molecule has 0 saturated heterocycles. The molecule has 0 N–H and O–H groups in total. The number of ether oxygens (including phenoxy) is 1. The first-order chi connectivity index (χ1) is 7.59. The second-order valence-corrected chi connectivity index (χ2v) is 4.33. The van der Waals surface area contributed by atoms with Crippen LogP contribution in [0.3, 0.4) is 0 Å².